The number of nitrogens with zero attached hydrogens (tertiary/aromatic N) is 1. The van der Waals surface area contributed by atoms with Gasteiger partial charge in [-0.2, -0.15) is 0 Å². The van der Waals surface area contributed by atoms with E-state index in [0.717, 1.165) is 12.1 Å². The van der Waals surface area contributed by atoms with Gasteiger partial charge in [0.05, 0.1) is 0 Å². The summed E-state index contributed by atoms with van der Waals surface area (Å²) < 4.78 is 0. The molecule has 0 amide bonds. The minimum Gasteiger partial charge on any atom is -0.388 e. The molecule has 0 aromatic heterocycles. The van der Waals surface area contributed by atoms with Crippen molar-refractivity contribution in [3.05, 3.63) is 48.6 Å². The molecule has 1 aromatic rings. The summed E-state index contributed by atoms with van der Waals surface area (Å²) in [6, 6.07) is 4.47. The van der Waals surface area contributed by atoms with Gasteiger partial charge >= 0.3 is 0 Å². The van der Waals surface area contributed by atoms with Crippen molar-refractivity contribution in [3.8, 4) is 0 Å². The van der Waals surface area contributed by atoms with Crippen LogP contribution < -0.4 is 10.2 Å². The highest BCUT2D eigenvalue weighted by atomic mass is 16.1. The normalized spacial score (nSPS) is 7.39. The van der Waals surface area contributed by atoms with Crippen LogP contribution in [0.2, 0.25) is 0 Å². The summed E-state index contributed by atoms with van der Waals surface area (Å²) in [5.41, 5.74) is 6.13. The van der Waals surface area contributed by atoms with Gasteiger partial charge in [0.2, 0.25) is 0 Å². The van der Waals surface area contributed by atoms with Gasteiger partial charge in [-0.25, -0.2) is 0 Å². The molecule has 0 spiro atoms. The average molecular weight is 439 g/mol. The highest BCUT2D eigenvalue weighted by molar-refractivity contribution is 5.70. The second-order valence-electron chi connectivity index (χ2n) is 5.98. The van der Waals surface area contributed by atoms with Crippen molar-refractivity contribution >= 4 is 18.2 Å². The van der Waals surface area contributed by atoms with Gasteiger partial charge in [0.15, 0.2) is 0 Å². The minimum atomic E-state index is 0.991. The quantitative estimate of drug-likeness (QED) is 0.466. The topological polar surface area (TPSA) is 32.3 Å². The Morgan fingerprint density at radius 1 is 0.903 bits per heavy atom. The maximum Gasteiger partial charge on any atom is 0.106 e. The van der Waals surface area contributed by atoms with E-state index in [-0.39, 0.29) is 0 Å². The molecule has 1 N–H and O–H groups in total. The van der Waals surface area contributed by atoms with Gasteiger partial charge in [-0.1, -0.05) is 88.2 Å². The number of anilines is 1. The number of unbranched alkanes of at least 4 members (excludes halogenated alkanes) is 1. The summed E-state index contributed by atoms with van der Waals surface area (Å²) in [6.45, 7) is 33.0. The molecule has 0 aliphatic rings. The third-order valence-electron chi connectivity index (χ3n) is 3.41. The van der Waals surface area contributed by atoms with Crippen LogP contribution in [0.25, 0.3) is 5.70 Å². The predicted octanol–water partition coefficient (Wildman–Crippen LogP) is 8.71. The summed E-state index contributed by atoms with van der Waals surface area (Å²) >= 11 is 0. The first kappa shape index (κ1) is 43.0. The van der Waals surface area contributed by atoms with Crippen LogP contribution in [0.15, 0.2) is 31.9 Å². The van der Waals surface area contributed by atoms with Gasteiger partial charge in [0, 0.05) is 38.1 Å². The molecule has 0 atom stereocenters. The van der Waals surface area contributed by atoms with Crippen molar-refractivity contribution in [2.75, 3.05) is 26.0 Å². The number of carbonyl (C=O) groups is 1. The first-order chi connectivity index (χ1) is 14.8. The molecule has 0 saturated heterocycles. The number of nitrogens with one attached hydrogen (secondary N) is 1. The van der Waals surface area contributed by atoms with Gasteiger partial charge in [0.1, 0.15) is 6.79 Å². The number of hydrogen-bond donors (Lipinski definition) is 1. The van der Waals surface area contributed by atoms with Gasteiger partial charge < -0.3 is 15.0 Å². The van der Waals surface area contributed by atoms with Crippen LogP contribution in [0, 0.1) is 6.92 Å². The van der Waals surface area contributed by atoms with Crippen LogP contribution in [0.4, 0.5) is 5.69 Å². The van der Waals surface area contributed by atoms with E-state index in [9.17, 15) is 0 Å². The van der Waals surface area contributed by atoms with Crippen LogP contribution in [0.1, 0.15) is 98.3 Å². The minimum absolute atomic E-state index is 0.991. The Kier molecular flexibility index (Phi) is 53.4. The van der Waals surface area contributed by atoms with Crippen LogP contribution in [-0.4, -0.2) is 27.9 Å². The molecule has 186 valence electrons. The van der Waals surface area contributed by atoms with Gasteiger partial charge in [-0.3, -0.25) is 0 Å². The average Bonchev–Trinajstić information content (AvgIpc) is 2.84. The van der Waals surface area contributed by atoms with Crippen molar-refractivity contribution in [1.82, 2.24) is 5.32 Å². The number of benzene rings is 1. The standard InChI is InChI=1S/C14H22N2.C4H10.C3H8.2C2H6.C2H4.CH2O/c1-7-12-9-14(16(5)6)10(2)8-13(12)11(3)15-4;1-3-4-2;1-3-2;4*1-2/h8-9,15H,3,7H2,1-2,4-6H3;3-4H2,1-2H3;3H2,1-2H3;2*1-2H3;1-2H2;1H2. The molecule has 3 nitrogen and oxygen atoms in total. The van der Waals surface area contributed by atoms with Crippen molar-refractivity contribution < 1.29 is 4.79 Å². The fourth-order valence-corrected chi connectivity index (χ4v) is 1.93. The molecule has 0 unspecified atom stereocenters. The SMILES string of the molecule is C=C.C=C(NC)c1cc(C)c(N(C)C)cc1CC.C=O.CC.CC.CCC.CCCC. The molecule has 0 heterocycles. The first-order valence-corrected chi connectivity index (χ1v) is 11.8. The van der Waals surface area contributed by atoms with Gasteiger partial charge in [0.25, 0.3) is 0 Å². The van der Waals surface area contributed by atoms with Gasteiger partial charge in [-0.05, 0) is 36.6 Å². The molecular weight excluding hydrogens is 380 g/mol. The lowest BCUT2D eigenvalue weighted by molar-refractivity contribution is -0.0979. The lowest BCUT2D eigenvalue weighted by Gasteiger charge is -2.20. The molecule has 1 rings (SSSR count). The Morgan fingerprint density at radius 2 is 1.26 bits per heavy atom. The van der Waals surface area contributed by atoms with E-state index >= 15 is 0 Å². The smallest absolute Gasteiger partial charge is 0.106 e. The van der Waals surface area contributed by atoms with E-state index in [1.54, 1.807) is 0 Å². The first-order valence-electron chi connectivity index (χ1n) is 11.8. The van der Waals surface area contributed by atoms with Crippen molar-refractivity contribution in [2.24, 2.45) is 0 Å². The third-order valence-corrected chi connectivity index (χ3v) is 3.41. The molecule has 1 aromatic carbocycles. The number of hydrogen-bond acceptors (Lipinski definition) is 3. The molecule has 0 aliphatic carbocycles. The maximum atomic E-state index is 8.00. The number of rotatable bonds is 5. The van der Waals surface area contributed by atoms with E-state index in [1.807, 2.05) is 41.5 Å². The fourth-order valence-electron chi connectivity index (χ4n) is 1.93. The molecular formula is C28H58N2O. The van der Waals surface area contributed by atoms with Crippen molar-refractivity contribution in [3.63, 3.8) is 0 Å². The lowest BCUT2D eigenvalue weighted by Crippen LogP contribution is -2.12. The second-order valence-corrected chi connectivity index (χ2v) is 5.98. The Bertz CT molecular complexity index is 464. The zero-order valence-corrected chi connectivity index (χ0v) is 23.7. The molecule has 31 heavy (non-hydrogen) atoms. The summed E-state index contributed by atoms with van der Waals surface area (Å²) in [6.07, 6.45) is 4.91. The van der Waals surface area contributed by atoms with E-state index in [2.05, 4.69) is 97.7 Å². The highest BCUT2D eigenvalue weighted by Gasteiger charge is 2.09. The molecule has 3 heteroatoms. The number of aryl methyl sites for hydroxylation is 2. The Morgan fingerprint density at radius 3 is 1.48 bits per heavy atom. The van der Waals surface area contributed by atoms with Crippen LogP contribution >= 0.6 is 0 Å². The maximum absolute atomic E-state index is 8.00. The summed E-state index contributed by atoms with van der Waals surface area (Å²) in [5, 5.41) is 3.12. The Balaban J connectivity index is -0.0000000867. The highest BCUT2D eigenvalue weighted by Crippen LogP contribution is 2.26. The Labute approximate surface area is 198 Å². The monoisotopic (exact) mass is 438 g/mol. The fraction of sp³-hybridized carbons (Fsp3) is 0.607. The summed E-state index contributed by atoms with van der Waals surface area (Å²) in [5.74, 6) is 0. The van der Waals surface area contributed by atoms with Crippen LogP contribution in [-0.2, 0) is 11.2 Å². The molecule has 0 radical (unpaired) electrons. The van der Waals surface area contributed by atoms with Gasteiger partial charge in [-0.15, -0.1) is 13.2 Å². The van der Waals surface area contributed by atoms with Crippen molar-refractivity contribution in [1.29, 1.82) is 0 Å². The van der Waals surface area contributed by atoms with Crippen LogP contribution in [0.5, 0.6) is 0 Å². The molecule has 0 fully saturated rings. The molecule has 0 saturated carbocycles. The van der Waals surface area contributed by atoms with Crippen molar-refractivity contribution in [2.45, 2.75) is 94.9 Å². The molecule has 0 aliphatic heterocycles. The van der Waals surface area contributed by atoms with E-state index in [1.165, 1.54) is 41.6 Å². The Hall–Kier alpha value is -2.03. The van der Waals surface area contributed by atoms with E-state index < -0.39 is 0 Å². The summed E-state index contributed by atoms with van der Waals surface area (Å²) in [7, 11) is 6.07. The van der Waals surface area contributed by atoms with Crippen LogP contribution in [0.3, 0.4) is 0 Å². The van der Waals surface area contributed by atoms with E-state index in [4.69, 9.17) is 4.79 Å². The summed E-state index contributed by atoms with van der Waals surface area (Å²) in [4.78, 5) is 10.2. The van der Waals surface area contributed by atoms with E-state index in [0.29, 0.717) is 0 Å². The lowest BCUT2D eigenvalue weighted by atomic mass is 9.98. The zero-order chi connectivity index (χ0) is 26.4. The zero-order valence-electron chi connectivity index (χ0n) is 23.7. The number of carbonyl (C=O) groups excluding carboxylic acids is 1. The third kappa shape index (κ3) is 25.9. The second kappa shape index (κ2) is 38.6. The molecule has 0 bridgehead atoms. The largest absolute Gasteiger partial charge is 0.388 e. The predicted molar refractivity (Wildman–Crippen MR) is 151 cm³/mol.